The van der Waals surface area contributed by atoms with E-state index >= 15 is 0 Å². The van der Waals surface area contributed by atoms with Gasteiger partial charge in [0, 0.05) is 54.1 Å². The zero-order valence-corrected chi connectivity index (χ0v) is 13.4. The lowest BCUT2D eigenvalue weighted by atomic mass is 9.85. The molecule has 120 valence electrons. The number of carbonyl (C=O) groups excluding carboxylic acids is 1. The maximum absolute atomic E-state index is 13.0. The maximum atomic E-state index is 13.0. The molecule has 4 rings (SSSR count). The molecule has 0 spiro atoms. The SMILES string of the molecule is Cc1nccn1C[C@H]1CCc2c(c3ccccc3n2C)C1=O.O. The van der Waals surface area contributed by atoms with Crippen LogP contribution in [-0.4, -0.2) is 25.4 Å². The van der Waals surface area contributed by atoms with Gasteiger partial charge in [-0.05, 0) is 25.8 Å². The molecule has 0 fully saturated rings. The van der Waals surface area contributed by atoms with Crippen molar-refractivity contribution in [2.24, 2.45) is 13.0 Å². The van der Waals surface area contributed by atoms with Gasteiger partial charge in [0.1, 0.15) is 5.82 Å². The Morgan fingerprint density at radius 1 is 1.30 bits per heavy atom. The number of Topliss-reactive ketones (excluding diaryl/α,β-unsaturated/α-hetero) is 1. The quantitative estimate of drug-likeness (QED) is 0.728. The molecule has 1 atom stereocenters. The highest BCUT2D eigenvalue weighted by molar-refractivity contribution is 6.11. The Balaban J connectivity index is 0.00000156. The number of para-hydroxylation sites is 1. The largest absolute Gasteiger partial charge is 0.412 e. The third kappa shape index (κ3) is 2.28. The molecule has 0 bridgehead atoms. The van der Waals surface area contributed by atoms with Gasteiger partial charge in [-0.25, -0.2) is 4.98 Å². The lowest BCUT2D eigenvalue weighted by Gasteiger charge is -2.23. The standard InChI is InChI=1S/C18H19N3O.H2O/c1-12-19-9-10-21(12)11-13-7-8-16-17(18(13)22)14-5-3-4-6-15(14)20(16)2;/h3-6,9-10,13H,7-8,11H2,1-2H3;1H2/t13-;/m1./s1. The van der Waals surface area contributed by atoms with Crippen LogP contribution in [-0.2, 0) is 20.0 Å². The van der Waals surface area contributed by atoms with Gasteiger partial charge in [-0.15, -0.1) is 0 Å². The average molecular weight is 311 g/mol. The molecule has 0 radical (unpaired) electrons. The lowest BCUT2D eigenvalue weighted by Crippen LogP contribution is -2.27. The molecule has 2 N–H and O–H groups in total. The van der Waals surface area contributed by atoms with Crippen LogP contribution in [0.15, 0.2) is 36.7 Å². The van der Waals surface area contributed by atoms with Crippen LogP contribution in [0, 0.1) is 12.8 Å². The molecule has 2 heterocycles. The van der Waals surface area contributed by atoms with Gasteiger partial charge in [0.25, 0.3) is 0 Å². The third-order valence-corrected chi connectivity index (χ3v) is 4.92. The number of hydrogen-bond donors (Lipinski definition) is 0. The van der Waals surface area contributed by atoms with Gasteiger partial charge in [0.15, 0.2) is 5.78 Å². The number of carbonyl (C=O) groups is 1. The molecule has 5 nitrogen and oxygen atoms in total. The summed E-state index contributed by atoms with van der Waals surface area (Å²) in [6.07, 6.45) is 5.63. The summed E-state index contributed by atoms with van der Waals surface area (Å²) >= 11 is 0. The molecule has 5 heteroatoms. The summed E-state index contributed by atoms with van der Waals surface area (Å²) < 4.78 is 4.26. The summed E-state index contributed by atoms with van der Waals surface area (Å²) in [4.78, 5) is 17.3. The van der Waals surface area contributed by atoms with E-state index in [0.717, 1.165) is 41.7 Å². The van der Waals surface area contributed by atoms with Crippen molar-refractivity contribution in [2.75, 3.05) is 0 Å². The molecule has 0 saturated heterocycles. The van der Waals surface area contributed by atoms with E-state index in [4.69, 9.17) is 0 Å². The number of benzene rings is 1. The number of rotatable bonds is 2. The number of imidazole rings is 1. The minimum atomic E-state index is 0. The molecule has 1 aliphatic carbocycles. The predicted molar refractivity (Wildman–Crippen MR) is 89.6 cm³/mol. The third-order valence-electron chi connectivity index (χ3n) is 4.92. The molecule has 0 unspecified atom stereocenters. The normalized spacial score (nSPS) is 17.1. The van der Waals surface area contributed by atoms with Gasteiger partial charge >= 0.3 is 0 Å². The summed E-state index contributed by atoms with van der Waals surface area (Å²) in [5, 5.41) is 1.09. The zero-order valence-electron chi connectivity index (χ0n) is 13.4. The van der Waals surface area contributed by atoms with Crippen LogP contribution in [0.4, 0.5) is 0 Å². The van der Waals surface area contributed by atoms with E-state index in [2.05, 4.69) is 33.3 Å². The van der Waals surface area contributed by atoms with Crippen LogP contribution in [0.5, 0.6) is 0 Å². The fraction of sp³-hybridized carbons (Fsp3) is 0.333. The fourth-order valence-corrected chi connectivity index (χ4v) is 3.67. The number of nitrogens with zero attached hydrogens (tertiary/aromatic N) is 3. The predicted octanol–water partition coefficient (Wildman–Crippen LogP) is 2.30. The number of fused-ring (bicyclic) bond motifs is 3. The van der Waals surface area contributed by atoms with E-state index in [1.807, 2.05) is 25.3 Å². The van der Waals surface area contributed by atoms with Crippen LogP contribution in [0.3, 0.4) is 0 Å². The first kappa shape index (κ1) is 15.5. The Morgan fingerprint density at radius 3 is 2.83 bits per heavy atom. The van der Waals surface area contributed by atoms with Crippen LogP contribution in [0.2, 0.25) is 0 Å². The van der Waals surface area contributed by atoms with E-state index in [1.54, 1.807) is 6.20 Å². The number of aryl methyl sites for hydroxylation is 2. The van der Waals surface area contributed by atoms with Crippen molar-refractivity contribution in [3.63, 3.8) is 0 Å². The summed E-state index contributed by atoms with van der Waals surface area (Å²) in [5.41, 5.74) is 3.28. The fourth-order valence-electron chi connectivity index (χ4n) is 3.67. The Kier molecular flexibility index (Phi) is 3.82. The Morgan fingerprint density at radius 2 is 2.09 bits per heavy atom. The second-order valence-corrected chi connectivity index (χ2v) is 6.12. The Bertz CT molecular complexity index is 876. The minimum Gasteiger partial charge on any atom is -0.412 e. The van der Waals surface area contributed by atoms with Gasteiger partial charge in [-0.2, -0.15) is 0 Å². The maximum Gasteiger partial charge on any atom is 0.170 e. The Labute approximate surface area is 134 Å². The first-order valence-corrected chi connectivity index (χ1v) is 7.75. The van der Waals surface area contributed by atoms with Crippen molar-refractivity contribution in [3.8, 4) is 0 Å². The van der Waals surface area contributed by atoms with Crippen molar-refractivity contribution in [3.05, 3.63) is 53.7 Å². The van der Waals surface area contributed by atoms with Crippen LogP contribution >= 0.6 is 0 Å². The van der Waals surface area contributed by atoms with Crippen molar-refractivity contribution < 1.29 is 10.3 Å². The smallest absolute Gasteiger partial charge is 0.170 e. The topological polar surface area (TPSA) is 71.3 Å². The molecule has 1 aromatic carbocycles. The molecule has 0 saturated carbocycles. The van der Waals surface area contributed by atoms with Crippen molar-refractivity contribution in [1.82, 2.24) is 14.1 Å². The van der Waals surface area contributed by atoms with E-state index < -0.39 is 0 Å². The highest BCUT2D eigenvalue weighted by Gasteiger charge is 2.32. The highest BCUT2D eigenvalue weighted by Crippen LogP contribution is 2.34. The molecule has 2 aromatic heterocycles. The molecular formula is C18H21N3O2. The van der Waals surface area contributed by atoms with E-state index in [1.165, 1.54) is 5.69 Å². The van der Waals surface area contributed by atoms with Crippen molar-refractivity contribution in [1.29, 1.82) is 0 Å². The summed E-state index contributed by atoms with van der Waals surface area (Å²) in [6.45, 7) is 2.71. The highest BCUT2D eigenvalue weighted by atomic mass is 16.1. The van der Waals surface area contributed by atoms with E-state index in [-0.39, 0.29) is 17.2 Å². The molecule has 1 aliphatic rings. The van der Waals surface area contributed by atoms with Gasteiger partial charge in [0.2, 0.25) is 0 Å². The second kappa shape index (κ2) is 5.66. The molecular weight excluding hydrogens is 290 g/mol. The number of hydrogen-bond acceptors (Lipinski definition) is 2. The molecule has 3 aromatic rings. The van der Waals surface area contributed by atoms with Crippen molar-refractivity contribution in [2.45, 2.75) is 26.3 Å². The van der Waals surface area contributed by atoms with E-state index in [0.29, 0.717) is 0 Å². The first-order valence-electron chi connectivity index (χ1n) is 7.75. The first-order chi connectivity index (χ1) is 10.7. The van der Waals surface area contributed by atoms with Crippen molar-refractivity contribution >= 4 is 16.7 Å². The Hall–Kier alpha value is -2.40. The summed E-state index contributed by atoms with van der Waals surface area (Å²) in [5.74, 6) is 1.30. The summed E-state index contributed by atoms with van der Waals surface area (Å²) in [7, 11) is 2.06. The van der Waals surface area contributed by atoms with Crippen LogP contribution in [0.1, 0.15) is 28.3 Å². The van der Waals surface area contributed by atoms with Gasteiger partial charge in [-0.3, -0.25) is 4.79 Å². The van der Waals surface area contributed by atoms with Gasteiger partial charge < -0.3 is 14.6 Å². The monoisotopic (exact) mass is 311 g/mol. The average Bonchev–Trinajstić information content (AvgIpc) is 3.05. The van der Waals surface area contributed by atoms with Gasteiger partial charge in [0.05, 0.1) is 0 Å². The number of aromatic nitrogens is 3. The van der Waals surface area contributed by atoms with E-state index in [9.17, 15) is 4.79 Å². The van der Waals surface area contributed by atoms with Gasteiger partial charge in [-0.1, -0.05) is 18.2 Å². The number of ketones is 1. The molecule has 23 heavy (non-hydrogen) atoms. The zero-order chi connectivity index (χ0) is 15.3. The van der Waals surface area contributed by atoms with Crippen LogP contribution in [0.25, 0.3) is 10.9 Å². The second-order valence-electron chi connectivity index (χ2n) is 6.12. The lowest BCUT2D eigenvalue weighted by molar-refractivity contribution is 0.0888. The minimum absolute atomic E-state index is 0. The van der Waals surface area contributed by atoms with Crippen LogP contribution < -0.4 is 0 Å². The molecule has 0 aliphatic heterocycles. The molecule has 0 amide bonds. The summed E-state index contributed by atoms with van der Waals surface area (Å²) in [6, 6.07) is 8.21.